The summed E-state index contributed by atoms with van der Waals surface area (Å²) < 4.78 is 27.3. The van der Waals surface area contributed by atoms with Crippen LogP contribution in [0, 0.1) is 0 Å². The summed E-state index contributed by atoms with van der Waals surface area (Å²) in [7, 11) is -0.0582. The summed E-state index contributed by atoms with van der Waals surface area (Å²) in [5.41, 5.74) is 2.04. The Bertz CT molecular complexity index is 662. The molecule has 2 N–H and O–H groups in total. The summed E-state index contributed by atoms with van der Waals surface area (Å²) in [6, 6.07) is 8.65. The molecule has 108 valence electrons. The second kappa shape index (κ2) is 6.06. The molecule has 2 aromatic rings. The quantitative estimate of drug-likeness (QED) is 0.833. The van der Waals surface area contributed by atoms with Crippen molar-refractivity contribution in [2.45, 2.75) is 11.3 Å². The van der Waals surface area contributed by atoms with Gasteiger partial charge in [0, 0.05) is 37.6 Å². The zero-order chi connectivity index (χ0) is 14.6. The largest absolute Gasteiger partial charge is 0.385 e. The molecule has 0 unspecified atom stereocenters. The molecule has 0 radical (unpaired) electrons. The number of benzene rings is 1. The Labute approximate surface area is 118 Å². The van der Waals surface area contributed by atoms with Crippen LogP contribution in [0.2, 0.25) is 0 Å². The Hall–Kier alpha value is -1.86. The Morgan fingerprint density at radius 1 is 1.20 bits per heavy atom. The fourth-order valence-electron chi connectivity index (χ4n) is 1.85. The first-order valence-electron chi connectivity index (χ1n) is 6.27. The second-order valence-electron chi connectivity index (χ2n) is 4.35. The van der Waals surface area contributed by atoms with Gasteiger partial charge in [-0.05, 0) is 37.4 Å². The molecule has 0 atom stereocenters. The maximum Gasteiger partial charge on any atom is 0.240 e. The zero-order valence-corrected chi connectivity index (χ0v) is 12.3. The van der Waals surface area contributed by atoms with Crippen molar-refractivity contribution in [3.63, 3.8) is 0 Å². The van der Waals surface area contributed by atoms with Gasteiger partial charge in [-0.3, -0.25) is 4.68 Å². The van der Waals surface area contributed by atoms with Crippen molar-refractivity contribution in [3.8, 4) is 0 Å². The standard InChI is InChI=1S/C13H18N4O2S/c1-14-20(18,19)13-5-3-11(4-6-13)15-9-7-12-8-10-16-17(12)2/h3-6,8,10,14-15H,7,9H2,1-2H3. The maximum atomic E-state index is 11.6. The zero-order valence-electron chi connectivity index (χ0n) is 11.5. The van der Waals surface area contributed by atoms with Crippen LogP contribution in [-0.4, -0.2) is 31.8 Å². The molecule has 7 heteroatoms. The summed E-state index contributed by atoms with van der Waals surface area (Å²) in [4.78, 5) is 0.261. The van der Waals surface area contributed by atoms with Gasteiger partial charge in [-0.15, -0.1) is 0 Å². The lowest BCUT2D eigenvalue weighted by Gasteiger charge is -2.08. The number of anilines is 1. The Morgan fingerprint density at radius 3 is 2.45 bits per heavy atom. The highest BCUT2D eigenvalue weighted by molar-refractivity contribution is 7.89. The van der Waals surface area contributed by atoms with Crippen LogP contribution >= 0.6 is 0 Å². The summed E-state index contributed by atoms with van der Waals surface area (Å²) in [5, 5.41) is 7.36. The normalized spacial score (nSPS) is 11.5. The monoisotopic (exact) mass is 294 g/mol. The van der Waals surface area contributed by atoms with Crippen molar-refractivity contribution in [2.24, 2.45) is 7.05 Å². The third-order valence-electron chi connectivity index (χ3n) is 3.07. The van der Waals surface area contributed by atoms with Gasteiger partial charge in [-0.25, -0.2) is 13.1 Å². The molecule has 6 nitrogen and oxygen atoms in total. The number of aryl methyl sites for hydroxylation is 1. The minimum Gasteiger partial charge on any atom is -0.385 e. The molecule has 0 fully saturated rings. The van der Waals surface area contributed by atoms with Crippen LogP contribution in [-0.2, 0) is 23.5 Å². The summed E-state index contributed by atoms with van der Waals surface area (Å²) in [6.45, 7) is 0.762. The SMILES string of the molecule is CNS(=O)(=O)c1ccc(NCCc2ccnn2C)cc1. The van der Waals surface area contributed by atoms with E-state index in [4.69, 9.17) is 0 Å². The smallest absolute Gasteiger partial charge is 0.240 e. The number of sulfonamides is 1. The number of hydrogen-bond acceptors (Lipinski definition) is 4. The van der Waals surface area contributed by atoms with Gasteiger partial charge >= 0.3 is 0 Å². The highest BCUT2D eigenvalue weighted by Gasteiger charge is 2.10. The van der Waals surface area contributed by atoms with Crippen LogP contribution in [0.15, 0.2) is 41.4 Å². The van der Waals surface area contributed by atoms with E-state index in [1.807, 2.05) is 17.8 Å². The molecule has 0 aliphatic heterocycles. The van der Waals surface area contributed by atoms with Crippen molar-refractivity contribution < 1.29 is 8.42 Å². The molecular weight excluding hydrogens is 276 g/mol. The molecule has 1 aromatic heterocycles. The fraction of sp³-hybridized carbons (Fsp3) is 0.308. The lowest BCUT2D eigenvalue weighted by molar-refractivity contribution is 0.588. The van der Waals surface area contributed by atoms with E-state index in [0.29, 0.717) is 0 Å². The van der Waals surface area contributed by atoms with Crippen LogP contribution in [0.5, 0.6) is 0 Å². The molecule has 1 aromatic carbocycles. The Balaban J connectivity index is 1.93. The molecule has 2 rings (SSSR count). The van der Waals surface area contributed by atoms with Crippen molar-refractivity contribution in [3.05, 3.63) is 42.2 Å². The average Bonchev–Trinajstić information content (AvgIpc) is 2.85. The van der Waals surface area contributed by atoms with Crippen LogP contribution in [0.1, 0.15) is 5.69 Å². The number of hydrogen-bond donors (Lipinski definition) is 2. The number of nitrogens with zero attached hydrogens (tertiary/aromatic N) is 2. The Kier molecular flexibility index (Phi) is 4.41. The maximum absolute atomic E-state index is 11.6. The van der Waals surface area contributed by atoms with Crippen LogP contribution in [0.3, 0.4) is 0 Å². The van der Waals surface area contributed by atoms with E-state index in [-0.39, 0.29) is 4.90 Å². The predicted molar refractivity (Wildman–Crippen MR) is 78.1 cm³/mol. The molecular formula is C13H18N4O2S. The van der Waals surface area contributed by atoms with E-state index in [0.717, 1.165) is 24.3 Å². The lowest BCUT2D eigenvalue weighted by atomic mass is 10.3. The highest BCUT2D eigenvalue weighted by Crippen LogP contribution is 2.13. The van der Waals surface area contributed by atoms with Crippen LogP contribution < -0.4 is 10.0 Å². The first-order chi connectivity index (χ1) is 9.53. The molecule has 0 saturated heterocycles. The lowest BCUT2D eigenvalue weighted by Crippen LogP contribution is -2.18. The van der Waals surface area contributed by atoms with E-state index >= 15 is 0 Å². The van der Waals surface area contributed by atoms with E-state index in [1.165, 1.54) is 7.05 Å². The topological polar surface area (TPSA) is 76.0 Å². The molecule has 1 heterocycles. The van der Waals surface area contributed by atoms with Crippen LogP contribution in [0.25, 0.3) is 0 Å². The third kappa shape index (κ3) is 3.37. The predicted octanol–water partition coefficient (Wildman–Crippen LogP) is 0.983. The summed E-state index contributed by atoms with van der Waals surface area (Å²) in [6.07, 6.45) is 2.62. The fourth-order valence-corrected chi connectivity index (χ4v) is 2.58. The Morgan fingerprint density at radius 2 is 1.90 bits per heavy atom. The van der Waals surface area contributed by atoms with Gasteiger partial charge in [0.05, 0.1) is 4.90 Å². The van der Waals surface area contributed by atoms with Gasteiger partial charge in [0.25, 0.3) is 0 Å². The molecule has 0 aliphatic rings. The molecule has 0 amide bonds. The van der Waals surface area contributed by atoms with Gasteiger partial charge < -0.3 is 5.32 Å². The van der Waals surface area contributed by atoms with Crippen molar-refractivity contribution >= 4 is 15.7 Å². The second-order valence-corrected chi connectivity index (χ2v) is 6.24. The highest BCUT2D eigenvalue weighted by atomic mass is 32.2. The number of nitrogens with one attached hydrogen (secondary N) is 2. The average molecular weight is 294 g/mol. The van der Waals surface area contributed by atoms with E-state index in [1.54, 1.807) is 30.5 Å². The minimum absolute atomic E-state index is 0.261. The molecule has 0 spiro atoms. The van der Waals surface area contributed by atoms with Crippen molar-refractivity contribution in [1.82, 2.24) is 14.5 Å². The molecule has 0 saturated carbocycles. The van der Waals surface area contributed by atoms with Gasteiger partial charge in [-0.1, -0.05) is 0 Å². The van der Waals surface area contributed by atoms with Crippen molar-refractivity contribution in [2.75, 3.05) is 18.9 Å². The first-order valence-corrected chi connectivity index (χ1v) is 7.75. The van der Waals surface area contributed by atoms with Crippen LogP contribution in [0.4, 0.5) is 5.69 Å². The van der Waals surface area contributed by atoms with Gasteiger partial charge in [0.15, 0.2) is 0 Å². The molecule has 0 aliphatic carbocycles. The molecule has 0 bridgehead atoms. The number of aromatic nitrogens is 2. The van der Waals surface area contributed by atoms with E-state index in [9.17, 15) is 8.42 Å². The number of rotatable bonds is 6. The first kappa shape index (κ1) is 14.5. The van der Waals surface area contributed by atoms with Gasteiger partial charge in [0.2, 0.25) is 10.0 Å². The summed E-state index contributed by atoms with van der Waals surface area (Å²) in [5.74, 6) is 0. The van der Waals surface area contributed by atoms with E-state index < -0.39 is 10.0 Å². The van der Waals surface area contributed by atoms with Gasteiger partial charge in [0.1, 0.15) is 0 Å². The van der Waals surface area contributed by atoms with Gasteiger partial charge in [-0.2, -0.15) is 5.10 Å². The van der Waals surface area contributed by atoms with E-state index in [2.05, 4.69) is 15.1 Å². The molecule has 20 heavy (non-hydrogen) atoms. The summed E-state index contributed by atoms with van der Waals surface area (Å²) >= 11 is 0. The third-order valence-corrected chi connectivity index (χ3v) is 4.50. The van der Waals surface area contributed by atoms with Crippen molar-refractivity contribution in [1.29, 1.82) is 0 Å². The minimum atomic E-state index is -3.37.